The second-order valence-electron chi connectivity index (χ2n) is 7.52. The maximum absolute atomic E-state index is 9.58. The monoisotopic (exact) mass is 352 g/mol. The van der Waals surface area contributed by atoms with Gasteiger partial charge in [-0.1, -0.05) is 24.3 Å². The van der Waals surface area contributed by atoms with Crippen LogP contribution in [0.1, 0.15) is 42.7 Å². The summed E-state index contributed by atoms with van der Waals surface area (Å²) in [6, 6.07) is 11.1. The molecule has 0 amide bonds. The van der Waals surface area contributed by atoms with E-state index in [0.717, 1.165) is 57.0 Å². The molecule has 2 aliphatic rings. The van der Waals surface area contributed by atoms with Crippen LogP contribution in [0.15, 0.2) is 36.7 Å². The number of hydrogen-bond donors (Lipinski definition) is 1. The number of aromatic nitrogens is 2. The molecule has 0 radical (unpaired) electrons. The molecule has 1 unspecified atom stereocenters. The number of hydrogen-bond acceptors (Lipinski definition) is 5. The number of rotatable bonds is 4. The number of aryl methyl sites for hydroxylation is 1. The lowest BCUT2D eigenvalue weighted by molar-refractivity contribution is 0.266. The predicted molar refractivity (Wildman–Crippen MR) is 105 cm³/mol. The van der Waals surface area contributed by atoms with Crippen molar-refractivity contribution in [3.8, 4) is 0 Å². The fourth-order valence-electron chi connectivity index (χ4n) is 4.46. The van der Waals surface area contributed by atoms with Gasteiger partial charge in [-0.05, 0) is 49.7 Å². The van der Waals surface area contributed by atoms with Gasteiger partial charge in [-0.25, -0.2) is 9.97 Å². The Morgan fingerprint density at radius 2 is 1.81 bits per heavy atom. The first-order valence-electron chi connectivity index (χ1n) is 9.76. The molecule has 26 heavy (non-hydrogen) atoms. The molecule has 138 valence electrons. The highest BCUT2D eigenvalue weighted by Gasteiger charge is 2.27. The van der Waals surface area contributed by atoms with Crippen molar-refractivity contribution in [2.75, 3.05) is 36.0 Å². The van der Waals surface area contributed by atoms with E-state index in [-0.39, 0.29) is 12.6 Å². The summed E-state index contributed by atoms with van der Waals surface area (Å²) in [6.07, 6.45) is 6.15. The summed E-state index contributed by atoms with van der Waals surface area (Å²) in [5.74, 6) is 2.61. The smallest absolute Gasteiger partial charge is 0.134 e. The Bertz CT molecular complexity index is 742. The van der Waals surface area contributed by atoms with E-state index in [9.17, 15) is 5.11 Å². The first kappa shape index (κ1) is 17.3. The Balaban J connectivity index is 1.45. The largest absolute Gasteiger partial charge is 0.394 e. The highest BCUT2D eigenvalue weighted by atomic mass is 16.3. The van der Waals surface area contributed by atoms with Gasteiger partial charge in [-0.15, -0.1) is 0 Å². The van der Waals surface area contributed by atoms with E-state index in [2.05, 4.69) is 57.0 Å². The first-order chi connectivity index (χ1) is 12.8. The lowest BCUT2D eigenvalue weighted by atomic mass is 9.87. The Kier molecular flexibility index (Phi) is 5.07. The average Bonchev–Trinajstić information content (AvgIpc) is 3.18. The third-order valence-electron chi connectivity index (χ3n) is 5.97. The standard InChI is InChI=1S/C21H28N4O/c1-16-5-2-3-7-19(16)17-8-11-24(12-9-17)20-13-21(23-15-22-20)25-10-4-6-18(25)14-26/h2-3,5,7,13,15,17-18,26H,4,6,8-12,14H2,1H3. The predicted octanol–water partition coefficient (Wildman–Crippen LogP) is 3.13. The van der Waals surface area contributed by atoms with E-state index >= 15 is 0 Å². The molecule has 0 spiro atoms. The van der Waals surface area contributed by atoms with Crippen LogP contribution in [0.3, 0.4) is 0 Å². The molecule has 3 heterocycles. The zero-order chi connectivity index (χ0) is 17.9. The lowest BCUT2D eigenvalue weighted by Crippen LogP contribution is -2.35. The van der Waals surface area contributed by atoms with Crippen molar-refractivity contribution in [2.24, 2.45) is 0 Å². The van der Waals surface area contributed by atoms with E-state index in [1.54, 1.807) is 6.33 Å². The molecule has 0 saturated carbocycles. The van der Waals surface area contributed by atoms with Crippen LogP contribution in [0, 0.1) is 6.92 Å². The highest BCUT2D eigenvalue weighted by Crippen LogP contribution is 2.32. The molecule has 0 bridgehead atoms. The minimum atomic E-state index is 0.196. The van der Waals surface area contributed by atoms with Crippen LogP contribution in [0.4, 0.5) is 11.6 Å². The van der Waals surface area contributed by atoms with Crippen molar-refractivity contribution in [3.63, 3.8) is 0 Å². The molecular formula is C21H28N4O. The third kappa shape index (κ3) is 3.40. The first-order valence-corrected chi connectivity index (χ1v) is 9.76. The van der Waals surface area contributed by atoms with Crippen molar-refractivity contribution in [3.05, 3.63) is 47.8 Å². The van der Waals surface area contributed by atoms with Crippen LogP contribution in [-0.4, -0.2) is 47.4 Å². The molecule has 1 atom stereocenters. The van der Waals surface area contributed by atoms with Gasteiger partial charge in [-0.2, -0.15) is 0 Å². The van der Waals surface area contributed by atoms with Gasteiger partial charge in [-0.3, -0.25) is 0 Å². The van der Waals surface area contributed by atoms with Gasteiger partial charge in [0.25, 0.3) is 0 Å². The third-order valence-corrected chi connectivity index (χ3v) is 5.97. The maximum Gasteiger partial charge on any atom is 0.134 e. The molecular weight excluding hydrogens is 324 g/mol. The zero-order valence-electron chi connectivity index (χ0n) is 15.5. The Morgan fingerprint density at radius 1 is 1.04 bits per heavy atom. The molecule has 0 aliphatic carbocycles. The van der Waals surface area contributed by atoms with Crippen LogP contribution >= 0.6 is 0 Å². The highest BCUT2D eigenvalue weighted by molar-refractivity contribution is 5.51. The van der Waals surface area contributed by atoms with Crippen molar-refractivity contribution in [2.45, 2.75) is 44.6 Å². The van der Waals surface area contributed by atoms with Crippen LogP contribution in [0.5, 0.6) is 0 Å². The number of anilines is 2. The van der Waals surface area contributed by atoms with Gasteiger partial charge >= 0.3 is 0 Å². The van der Waals surface area contributed by atoms with E-state index in [0.29, 0.717) is 5.92 Å². The van der Waals surface area contributed by atoms with Crippen molar-refractivity contribution in [1.82, 2.24) is 9.97 Å². The Labute approximate surface area is 155 Å². The SMILES string of the molecule is Cc1ccccc1C1CCN(c2cc(N3CCCC3CO)ncn2)CC1. The van der Waals surface area contributed by atoms with Crippen molar-refractivity contribution in [1.29, 1.82) is 0 Å². The van der Waals surface area contributed by atoms with E-state index in [1.807, 2.05) is 0 Å². The van der Waals surface area contributed by atoms with Crippen LogP contribution < -0.4 is 9.80 Å². The van der Waals surface area contributed by atoms with Gasteiger partial charge < -0.3 is 14.9 Å². The molecule has 5 nitrogen and oxygen atoms in total. The summed E-state index contributed by atoms with van der Waals surface area (Å²) in [5, 5.41) is 9.58. The van der Waals surface area contributed by atoms with Crippen molar-refractivity contribution < 1.29 is 5.11 Å². The number of piperidine rings is 1. The van der Waals surface area contributed by atoms with Crippen LogP contribution in [0.25, 0.3) is 0 Å². The van der Waals surface area contributed by atoms with E-state index in [1.165, 1.54) is 11.1 Å². The molecule has 4 rings (SSSR count). The molecule has 2 aromatic rings. The summed E-state index contributed by atoms with van der Waals surface area (Å²) in [7, 11) is 0. The van der Waals surface area contributed by atoms with Gasteiger partial charge in [0, 0.05) is 25.7 Å². The topological polar surface area (TPSA) is 52.5 Å². The van der Waals surface area contributed by atoms with Gasteiger partial charge in [0.15, 0.2) is 0 Å². The number of aliphatic hydroxyl groups excluding tert-OH is 1. The van der Waals surface area contributed by atoms with E-state index < -0.39 is 0 Å². The second-order valence-corrected chi connectivity index (χ2v) is 7.52. The summed E-state index contributed by atoms with van der Waals surface area (Å²) in [5.41, 5.74) is 2.90. The van der Waals surface area contributed by atoms with Crippen LogP contribution in [0.2, 0.25) is 0 Å². The average molecular weight is 352 g/mol. The fraction of sp³-hybridized carbons (Fsp3) is 0.524. The van der Waals surface area contributed by atoms with Gasteiger partial charge in [0.2, 0.25) is 0 Å². The number of nitrogens with zero attached hydrogens (tertiary/aromatic N) is 4. The Morgan fingerprint density at radius 3 is 2.58 bits per heavy atom. The lowest BCUT2D eigenvalue weighted by Gasteiger charge is -2.34. The summed E-state index contributed by atoms with van der Waals surface area (Å²) >= 11 is 0. The summed E-state index contributed by atoms with van der Waals surface area (Å²) in [4.78, 5) is 13.6. The number of benzene rings is 1. The molecule has 2 fully saturated rings. The second kappa shape index (κ2) is 7.62. The minimum absolute atomic E-state index is 0.196. The molecule has 1 aromatic carbocycles. The zero-order valence-corrected chi connectivity index (χ0v) is 15.5. The quantitative estimate of drug-likeness (QED) is 0.916. The maximum atomic E-state index is 9.58. The van der Waals surface area contributed by atoms with Gasteiger partial charge in [0.1, 0.15) is 18.0 Å². The van der Waals surface area contributed by atoms with E-state index in [4.69, 9.17) is 0 Å². The van der Waals surface area contributed by atoms with Crippen molar-refractivity contribution >= 4 is 11.6 Å². The molecule has 5 heteroatoms. The minimum Gasteiger partial charge on any atom is -0.394 e. The van der Waals surface area contributed by atoms with Gasteiger partial charge in [0.05, 0.1) is 12.6 Å². The van der Waals surface area contributed by atoms with Crippen LogP contribution in [-0.2, 0) is 0 Å². The number of aliphatic hydroxyl groups is 1. The fourth-order valence-corrected chi connectivity index (χ4v) is 4.46. The summed E-state index contributed by atoms with van der Waals surface area (Å²) < 4.78 is 0. The Hall–Kier alpha value is -2.14. The molecule has 1 N–H and O–H groups in total. The normalized spacial score (nSPS) is 21.4. The molecule has 2 aliphatic heterocycles. The molecule has 2 saturated heterocycles. The molecule has 1 aromatic heterocycles. The summed E-state index contributed by atoms with van der Waals surface area (Å²) in [6.45, 7) is 5.43.